The largest absolute Gasteiger partial charge is 0.339 e. The minimum absolute atomic E-state index is 0.00123. The maximum atomic E-state index is 12.1. The van der Waals surface area contributed by atoms with Crippen LogP contribution in [0.25, 0.3) is 0 Å². The number of rotatable bonds is 1. The lowest BCUT2D eigenvalue weighted by atomic mass is 10.2. The number of piperazine rings is 1. The monoisotopic (exact) mass is 250 g/mol. The normalized spacial score (nSPS) is 15.6. The van der Waals surface area contributed by atoms with Gasteiger partial charge < -0.3 is 14.8 Å². The molecule has 2 amide bonds. The van der Waals surface area contributed by atoms with Crippen LogP contribution in [0.5, 0.6) is 0 Å². The van der Waals surface area contributed by atoms with Crippen LogP contribution >= 0.6 is 0 Å². The molecule has 0 spiro atoms. The van der Waals surface area contributed by atoms with Crippen molar-refractivity contribution in [3.63, 3.8) is 0 Å². The van der Waals surface area contributed by atoms with E-state index in [1.54, 1.807) is 9.80 Å². The van der Waals surface area contributed by atoms with Gasteiger partial charge >= 0.3 is 0 Å². The Morgan fingerprint density at radius 3 is 2.39 bits per heavy atom. The van der Waals surface area contributed by atoms with E-state index in [9.17, 15) is 14.4 Å². The zero-order chi connectivity index (χ0) is 13.1. The number of hydrogen-bond donors (Lipinski definition) is 1. The maximum Gasteiger partial charge on any atom is 0.263 e. The van der Waals surface area contributed by atoms with Gasteiger partial charge in [0, 0.05) is 39.3 Å². The average Bonchev–Trinajstić information content (AvgIpc) is 2.38. The second-order valence-corrected chi connectivity index (χ2v) is 4.09. The maximum absolute atomic E-state index is 12.1. The van der Waals surface area contributed by atoms with E-state index in [-0.39, 0.29) is 17.4 Å². The summed E-state index contributed by atoms with van der Waals surface area (Å²) in [4.78, 5) is 44.0. The summed E-state index contributed by atoms with van der Waals surface area (Å²) in [5.41, 5.74) is -0.405. The van der Waals surface area contributed by atoms with Crippen molar-refractivity contribution < 1.29 is 9.59 Å². The lowest BCUT2D eigenvalue weighted by molar-refractivity contribution is -0.130. The molecule has 1 fully saturated rings. The molecule has 1 aliphatic rings. The highest BCUT2D eigenvalue weighted by molar-refractivity contribution is 5.93. The number of aromatic amines is 1. The van der Waals surface area contributed by atoms with Gasteiger partial charge in [-0.1, -0.05) is 0 Å². The molecule has 0 bridgehead atoms. The van der Waals surface area contributed by atoms with Gasteiger partial charge in [0.1, 0.15) is 5.56 Å². The van der Waals surface area contributed by atoms with Gasteiger partial charge in [-0.15, -0.1) is 0 Å². The molecule has 7 nitrogen and oxygen atoms in total. The van der Waals surface area contributed by atoms with Crippen LogP contribution in [-0.2, 0) is 4.79 Å². The van der Waals surface area contributed by atoms with E-state index >= 15 is 0 Å². The first-order chi connectivity index (χ1) is 8.59. The minimum Gasteiger partial charge on any atom is -0.339 e. The third-order valence-corrected chi connectivity index (χ3v) is 2.96. The molecule has 2 rings (SSSR count). The molecular weight excluding hydrogens is 236 g/mol. The molecule has 0 atom stereocenters. The van der Waals surface area contributed by atoms with Gasteiger partial charge in [0.25, 0.3) is 11.5 Å². The topological polar surface area (TPSA) is 86.4 Å². The summed E-state index contributed by atoms with van der Waals surface area (Å²) in [5.74, 6) is -0.339. The van der Waals surface area contributed by atoms with Crippen LogP contribution in [0.2, 0.25) is 0 Å². The van der Waals surface area contributed by atoms with Crippen LogP contribution in [0.3, 0.4) is 0 Å². The Labute approximate surface area is 103 Å². The van der Waals surface area contributed by atoms with Crippen molar-refractivity contribution in [2.45, 2.75) is 6.92 Å². The van der Waals surface area contributed by atoms with Crippen molar-refractivity contribution in [3.05, 3.63) is 28.4 Å². The third-order valence-electron chi connectivity index (χ3n) is 2.96. The molecule has 1 aliphatic heterocycles. The van der Waals surface area contributed by atoms with Gasteiger partial charge in [0.2, 0.25) is 5.91 Å². The first-order valence-electron chi connectivity index (χ1n) is 5.67. The van der Waals surface area contributed by atoms with Crippen LogP contribution in [0.4, 0.5) is 0 Å². The first kappa shape index (κ1) is 12.3. The predicted molar refractivity (Wildman–Crippen MR) is 63.0 cm³/mol. The number of hydrogen-bond acceptors (Lipinski definition) is 4. The Bertz CT molecular complexity index is 517. The molecule has 1 aromatic heterocycles. The molecule has 0 radical (unpaired) electrons. The molecule has 18 heavy (non-hydrogen) atoms. The number of H-pyrrole nitrogens is 1. The second kappa shape index (κ2) is 4.99. The van der Waals surface area contributed by atoms with Crippen LogP contribution in [0.1, 0.15) is 17.3 Å². The standard InChI is InChI=1S/C11H14N4O3/c1-8(16)14-2-4-15(5-3-14)11(18)9-6-12-7-13-10(9)17/h6-7H,2-5H2,1H3,(H,12,13,17). The zero-order valence-corrected chi connectivity index (χ0v) is 10.0. The highest BCUT2D eigenvalue weighted by Gasteiger charge is 2.24. The molecule has 0 aromatic carbocycles. The number of aromatic nitrogens is 2. The fourth-order valence-corrected chi connectivity index (χ4v) is 1.89. The summed E-state index contributed by atoms with van der Waals surface area (Å²) < 4.78 is 0. The molecular formula is C11H14N4O3. The number of nitrogens with zero attached hydrogens (tertiary/aromatic N) is 3. The molecule has 0 aliphatic carbocycles. The van der Waals surface area contributed by atoms with Crippen LogP contribution in [0.15, 0.2) is 17.3 Å². The Balaban J connectivity index is 2.07. The fraction of sp³-hybridized carbons (Fsp3) is 0.455. The third kappa shape index (κ3) is 2.39. The summed E-state index contributed by atoms with van der Waals surface area (Å²) in [6.07, 6.45) is 2.51. The van der Waals surface area contributed by atoms with E-state index in [0.717, 1.165) is 0 Å². The van der Waals surface area contributed by atoms with Crippen LogP contribution < -0.4 is 5.56 Å². The summed E-state index contributed by atoms with van der Waals surface area (Å²) in [6.45, 7) is 3.38. The average molecular weight is 250 g/mol. The lowest BCUT2D eigenvalue weighted by Gasteiger charge is -2.34. The van der Waals surface area contributed by atoms with E-state index in [2.05, 4.69) is 9.97 Å². The predicted octanol–water partition coefficient (Wildman–Crippen LogP) is -0.926. The first-order valence-corrected chi connectivity index (χ1v) is 5.67. The van der Waals surface area contributed by atoms with E-state index in [1.165, 1.54) is 19.4 Å². The summed E-state index contributed by atoms with van der Waals surface area (Å²) >= 11 is 0. The van der Waals surface area contributed by atoms with Gasteiger partial charge in [-0.05, 0) is 0 Å². The number of carbonyl (C=O) groups is 2. The number of nitrogens with one attached hydrogen (secondary N) is 1. The Morgan fingerprint density at radius 1 is 1.22 bits per heavy atom. The zero-order valence-electron chi connectivity index (χ0n) is 10.0. The second-order valence-electron chi connectivity index (χ2n) is 4.09. The highest BCUT2D eigenvalue weighted by atomic mass is 16.2. The van der Waals surface area contributed by atoms with E-state index in [1.807, 2.05) is 0 Å². The fourth-order valence-electron chi connectivity index (χ4n) is 1.89. The van der Waals surface area contributed by atoms with Gasteiger partial charge in [-0.3, -0.25) is 14.4 Å². The molecule has 1 aromatic rings. The SMILES string of the molecule is CC(=O)N1CCN(C(=O)c2cnc[nH]c2=O)CC1. The van der Waals surface area contributed by atoms with Crippen LogP contribution in [-0.4, -0.2) is 57.8 Å². The van der Waals surface area contributed by atoms with E-state index in [4.69, 9.17) is 0 Å². The van der Waals surface area contributed by atoms with E-state index in [0.29, 0.717) is 26.2 Å². The smallest absolute Gasteiger partial charge is 0.263 e. The van der Waals surface area contributed by atoms with Crippen LogP contribution in [0, 0.1) is 0 Å². The number of amides is 2. The summed E-state index contributed by atoms with van der Waals surface area (Å²) in [6, 6.07) is 0. The Hall–Kier alpha value is -2.18. The van der Waals surface area contributed by atoms with Gasteiger partial charge in [-0.25, -0.2) is 4.98 Å². The Kier molecular flexibility index (Phi) is 3.40. The van der Waals surface area contributed by atoms with Gasteiger partial charge in [0.05, 0.1) is 6.33 Å². The molecule has 7 heteroatoms. The molecule has 0 saturated carbocycles. The van der Waals surface area contributed by atoms with Crippen molar-refractivity contribution in [1.82, 2.24) is 19.8 Å². The molecule has 2 heterocycles. The molecule has 1 saturated heterocycles. The van der Waals surface area contributed by atoms with E-state index < -0.39 is 5.56 Å². The summed E-state index contributed by atoms with van der Waals surface area (Å²) in [7, 11) is 0. The minimum atomic E-state index is -0.441. The van der Waals surface area contributed by atoms with Gasteiger partial charge in [-0.2, -0.15) is 0 Å². The van der Waals surface area contributed by atoms with Crippen molar-refractivity contribution in [3.8, 4) is 0 Å². The molecule has 1 N–H and O–H groups in total. The highest BCUT2D eigenvalue weighted by Crippen LogP contribution is 2.05. The molecule has 0 unspecified atom stereocenters. The lowest BCUT2D eigenvalue weighted by Crippen LogP contribution is -2.50. The van der Waals surface area contributed by atoms with Crippen molar-refractivity contribution in [2.75, 3.05) is 26.2 Å². The molecule has 96 valence electrons. The van der Waals surface area contributed by atoms with Crippen molar-refractivity contribution in [1.29, 1.82) is 0 Å². The quantitative estimate of drug-likeness (QED) is 0.698. The van der Waals surface area contributed by atoms with Gasteiger partial charge in [0.15, 0.2) is 0 Å². The summed E-state index contributed by atoms with van der Waals surface area (Å²) in [5, 5.41) is 0. The van der Waals surface area contributed by atoms with Crippen molar-refractivity contribution >= 4 is 11.8 Å². The Morgan fingerprint density at radius 2 is 1.83 bits per heavy atom. The van der Waals surface area contributed by atoms with Crippen molar-refractivity contribution in [2.24, 2.45) is 0 Å². The number of carbonyl (C=O) groups excluding carboxylic acids is 2.